The second-order valence-corrected chi connectivity index (χ2v) is 4.36. The topological polar surface area (TPSA) is 26.0 Å². The molecule has 0 aliphatic heterocycles. The van der Waals surface area contributed by atoms with E-state index in [-0.39, 0.29) is 0 Å². The molecule has 0 aliphatic rings. The summed E-state index contributed by atoms with van der Waals surface area (Å²) in [6, 6.07) is 3.37. The molecule has 0 fully saturated rings. The van der Waals surface area contributed by atoms with Crippen LogP contribution >= 0.6 is 34.8 Å². The third-order valence-corrected chi connectivity index (χ3v) is 2.74. The van der Waals surface area contributed by atoms with Crippen molar-refractivity contribution in [1.82, 2.24) is 4.98 Å². The molecule has 0 N–H and O–H groups in total. The number of aryl methyl sites for hydroxylation is 1. The molecule has 2 rings (SSSR count). The van der Waals surface area contributed by atoms with Gasteiger partial charge in [-0.1, -0.05) is 23.2 Å². The number of fused-ring (bicyclic) bond motifs is 1. The van der Waals surface area contributed by atoms with E-state index < -0.39 is 0 Å². The first kappa shape index (κ1) is 11.1. The number of hydrogen-bond donors (Lipinski definition) is 0. The number of aromatic nitrogens is 1. The van der Waals surface area contributed by atoms with Crippen LogP contribution in [0.2, 0.25) is 10.0 Å². The standard InChI is InChI=1S/C10H8Cl3NO/c11-3-1-2-9-14-8-5-6(12)4-7(13)10(8)15-9/h4-5H,1-3H2. The van der Waals surface area contributed by atoms with Gasteiger partial charge in [-0.3, -0.25) is 0 Å². The molecule has 1 aromatic heterocycles. The highest BCUT2D eigenvalue weighted by molar-refractivity contribution is 6.37. The van der Waals surface area contributed by atoms with Crippen LogP contribution in [0.1, 0.15) is 12.3 Å². The summed E-state index contributed by atoms with van der Waals surface area (Å²) in [5, 5.41) is 1.05. The van der Waals surface area contributed by atoms with E-state index in [1.807, 2.05) is 0 Å². The molecule has 0 spiro atoms. The monoisotopic (exact) mass is 263 g/mol. The van der Waals surface area contributed by atoms with E-state index in [2.05, 4.69) is 4.98 Å². The third-order valence-electron chi connectivity index (χ3n) is 1.98. The summed E-state index contributed by atoms with van der Waals surface area (Å²) in [6.45, 7) is 0. The first-order chi connectivity index (χ1) is 7.20. The quantitative estimate of drug-likeness (QED) is 0.772. The van der Waals surface area contributed by atoms with Crippen LogP contribution in [0.4, 0.5) is 0 Å². The predicted octanol–water partition coefficient (Wildman–Crippen LogP) is 4.31. The van der Waals surface area contributed by atoms with Crippen LogP contribution in [0.5, 0.6) is 0 Å². The van der Waals surface area contributed by atoms with Crippen molar-refractivity contribution in [3.05, 3.63) is 28.1 Å². The lowest BCUT2D eigenvalue weighted by molar-refractivity contribution is 0.526. The Balaban J connectivity index is 2.41. The van der Waals surface area contributed by atoms with Crippen LogP contribution in [-0.2, 0) is 6.42 Å². The van der Waals surface area contributed by atoms with Gasteiger partial charge in [0.1, 0.15) is 5.52 Å². The molecule has 0 saturated carbocycles. The summed E-state index contributed by atoms with van der Waals surface area (Å²) in [6.07, 6.45) is 1.55. The van der Waals surface area contributed by atoms with Crippen LogP contribution in [0.15, 0.2) is 16.5 Å². The van der Waals surface area contributed by atoms with Crippen LogP contribution in [0.3, 0.4) is 0 Å². The third kappa shape index (κ3) is 2.39. The van der Waals surface area contributed by atoms with Gasteiger partial charge < -0.3 is 4.42 Å². The van der Waals surface area contributed by atoms with Crippen molar-refractivity contribution in [1.29, 1.82) is 0 Å². The summed E-state index contributed by atoms with van der Waals surface area (Å²) >= 11 is 17.4. The first-order valence-electron chi connectivity index (χ1n) is 4.51. The Kier molecular flexibility index (Phi) is 3.39. The van der Waals surface area contributed by atoms with Gasteiger partial charge in [0, 0.05) is 17.3 Å². The fourth-order valence-electron chi connectivity index (χ4n) is 1.33. The molecule has 2 nitrogen and oxygen atoms in total. The van der Waals surface area contributed by atoms with Crippen LogP contribution in [-0.4, -0.2) is 10.9 Å². The Bertz CT molecular complexity index is 481. The lowest BCUT2D eigenvalue weighted by atomic mass is 10.3. The number of benzene rings is 1. The van der Waals surface area contributed by atoms with Crippen molar-refractivity contribution in [3.63, 3.8) is 0 Å². The van der Waals surface area contributed by atoms with Crippen LogP contribution < -0.4 is 0 Å². The van der Waals surface area contributed by atoms with Gasteiger partial charge in [-0.25, -0.2) is 4.98 Å². The van der Waals surface area contributed by atoms with Gasteiger partial charge in [0.15, 0.2) is 11.5 Å². The molecule has 0 saturated heterocycles. The molecule has 1 heterocycles. The zero-order chi connectivity index (χ0) is 10.8. The molecule has 0 aliphatic carbocycles. The Hall–Kier alpha value is -0.440. The van der Waals surface area contributed by atoms with E-state index >= 15 is 0 Å². The molecule has 80 valence electrons. The van der Waals surface area contributed by atoms with Gasteiger partial charge in [-0.2, -0.15) is 0 Å². The SMILES string of the molecule is ClCCCc1nc2cc(Cl)cc(Cl)c2o1. The second-order valence-electron chi connectivity index (χ2n) is 3.14. The molecule has 15 heavy (non-hydrogen) atoms. The van der Waals surface area contributed by atoms with Crippen molar-refractivity contribution in [2.24, 2.45) is 0 Å². The molecular formula is C10H8Cl3NO. The van der Waals surface area contributed by atoms with Crippen molar-refractivity contribution in [2.45, 2.75) is 12.8 Å². The fraction of sp³-hybridized carbons (Fsp3) is 0.300. The lowest BCUT2D eigenvalue weighted by Gasteiger charge is -1.91. The van der Waals surface area contributed by atoms with E-state index in [0.717, 1.165) is 6.42 Å². The molecule has 0 unspecified atom stereocenters. The van der Waals surface area contributed by atoms with Gasteiger partial charge in [0.25, 0.3) is 0 Å². The first-order valence-corrected chi connectivity index (χ1v) is 5.80. The van der Waals surface area contributed by atoms with Gasteiger partial charge in [-0.15, -0.1) is 11.6 Å². The smallest absolute Gasteiger partial charge is 0.195 e. The number of nitrogens with zero attached hydrogens (tertiary/aromatic N) is 1. The van der Waals surface area contributed by atoms with Gasteiger partial charge >= 0.3 is 0 Å². The highest BCUT2D eigenvalue weighted by Crippen LogP contribution is 2.28. The summed E-state index contributed by atoms with van der Waals surface area (Å²) in [5.41, 5.74) is 1.28. The molecule has 0 bridgehead atoms. The Labute approximate surface area is 102 Å². The molecule has 0 radical (unpaired) electrons. The molecule has 0 amide bonds. The Morgan fingerprint density at radius 1 is 1.27 bits per heavy atom. The molecule has 1 aromatic carbocycles. The van der Waals surface area contributed by atoms with Crippen molar-refractivity contribution in [3.8, 4) is 0 Å². The number of oxazole rings is 1. The highest BCUT2D eigenvalue weighted by Gasteiger charge is 2.09. The number of halogens is 3. The number of rotatable bonds is 3. The molecular weight excluding hydrogens is 256 g/mol. The molecule has 5 heteroatoms. The average molecular weight is 265 g/mol. The zero-order valence-corrected chi connectivity index (χ0v) is 10.0. The summed E-state index contributed by atoms with van der Waals surface area (Å²) in [4.78, 5) is 4.28. The minimum atomic E-state index is 0.488. The summed E-state index contributed by atoms with van der Waals surface area (Å²) < 4.78 is 5.50. The summed E-state index contributed by atoms with van der Waals surface area (Å²) in [5.74, 6) is 1.24. The largest absolute Gasteiger partial charge is 0.439 e. The maximum absolute atomic E-state index is 5.97. The van der Waals surface area contributed by atoms with Gasteiger partial charge in [-0.05, 0) is 18.6 Å². The van der Waals surface area contributed by atoms with Crippen LogP contribution in [0.25, 0.3) is 11.1 Å². The maximum Gasteiger partial charge on any atom is 0.195 e. The number of alkyl halides is 1. The minimum Gasteiger partial charge on any atom is -0.439 e. The van der Waals surface area contributed by atoms with E-state index in [9.17, 15) is 0 Å². The Morgan fingerprint density at radius 3 is 2.80 bits per heavy atom. The van der Waals surface area contributed by atoms with Crippen molar-refractivity contribution >= 4 is 45.9 Å². The lowest BCUT2D eigenvalue weighted by Crippen LogP contribution is -1.84. The zero-order valence-electron chi connectivity index (χ0n) is 7.77. The maximum atomic E-state index is 5.97. The van der Waals surface area contributed by atoms with E-state index in [4.69, 9.17) is 39.2 Å². The normalized spacial score (nSPS) is 11.1. The van der Waals surface area contributed by atoms with E-state index in [0.29, 0.717) is 39.3 Å². The Morgan fingerprint density at radius 2 is 2.07 bits per heavy atom. The average Bonchev–Trinajstić information content (AvgIpc) is 2.57. The summed E-state index contributed by atoms with van der Waals surface area (Å²) in [7, 11) is 0. The molecule has 0 atom stereocenters. The second kappa shape index (κ2) is 4.60. The number of hydrogen-bond acceptors (Lipinski definition) is 2. The van der Waals surface area contributed by atoms with Gasteiger partial charge in [0.05, 0.1) is 5.02 Å². The fourth-order valence-corrected chi connectivity index (χ4v) is 1.99. The highest BCUT2D eigenvalue weighted by atomic mass is 35.5. The van der Waals surface area contributed by atoms with Crippen molar-refractivity contribution < 1.29 is 4.42 Å². The minimum absolute atomic E-state index is 0.488. The van der Waals surface area contributed by atoms with E-state index in [1.54, 1.807) is 12.1 Å². The van der Waals surface area contributed by atoms with Crippen molar-refractivity contribution in [2.75, 3.05) is 5.88 Å². The van der Waals surface area contributed by atoms with Gasteiger partial charge in [0.2, 0.25) is 0 Å². The predicted molar refractivity (Wildman–Crippen MR) is 63.1 cm³/mol. The van der Waals surface area contributed by atoms with E-state index in [1.165, 1.54) is 0 Å². The van der Waals surface area contributed by atoms with Crippen LogP contribution in [0, 0.1) is 0 Å². The molecule has 2 aromatic rings.